The third kappa shape index (κ3) is 2.44. The van der Waals surface area contributed by atoms with E-state index in [-0.39, 0.29) is 0 Å². The van der Waals surface area contributed by atoms with Gasteiger partial charge >= 0.3 is 0 Å². The first-order chi connectivity index (χ1) is 5.56. The molecule has 1 unspecified atom stereocenters. The van der Waals surface area contributed by atoms with Gasteiger partial charge < -0.3 is 0 Å². The Balaban J connectivity index is 2.54. The van der Waals surface area contributed by atoms with Crippen molar-refractivity contribution in [2.75, 3.05) is 24.2 Å². The molecule has 1 aliphatic heterocycles. The molecule has 1 aliphatic rings. The molecule has 0 spiro atoms. The van der Waals surface area contributed by atoms with Crippen molar-refractivity contribution in [1.82, 2.24) is 4.31 Å². The first-order valence-corrected chi connectivity index (χ1v) is 6.83. The number of hydrogen-bond acceptors (Lipinski definition) is 2. The average molecular weight is 256 g/mol. The molecule has 0 N–H and O–H groups in total. The Hall–Kier alpha value is 0.390. The molecule has 0 amide bonds. The summed E-state index contributed by atoms with van der Waals surface area (Å²) in [6.45, 7) is 3.35. The molecule has 12 heavy (non-hydrogen) atoms. The van der Waals surface area contributed by atoms with Crippen molar-refractivity contribution in [1.29, 1.82) is 0 Å². The highest BCUT2D eigenvalue weighted by Crippen LogP contribution is 2.18. The lowest BCUT2D eigenvalue weighted by atomic mass is 10.2. The predicted molar refractivity (Wildman–Crippen MR) is 52.9 cm³/mol. The van der Waals surface area contributed by atoms with Gasteiger partial charge in [-0.2, -0.15) is 0 Å². The van der Waals surface area contributed by atoms with Gasteiger partial charge in [0.05, 0.1) is 5.75 Å². The quantitative estimate of drug-likeness (QED) is 0.708. The van der Waals surface area contributed by atoms with Crippen LogP contribution in [0.2, 0.25) is 0 Å². The number of hydrogen-bond donors (Lipinski definition) is 0. The van der Waals surface area contributed by atoms with E-state index in [0.717, 1.165) is 11.8 Å². The van der Waals surface area contributed by atoms with Gasteiger partial charge in [-0.05, 0) is 12.3 Å². The number of rotatable bonds is 3. The molecule has 0 aromatic carbocycles. The topological polar surface area (TPSA) is 37.4 Å². The molecule has 1 rings (SSSR count). The summed E-state index contributed by atoms with van der Waals surface area (Å²) < 4.78 is 24.4. The number of halogens is 1. The van der Waals surface area contributed by atoms with Gasteiger partial charge in [-0.15, -0.1) is 0 Å². The SMILES string of the molecule is CC1CN(CCCBr)S(=O)(=O)C1. The van der Waals surface area contributed by atoms with Crippen LogP contribution in [0, 0.1) is 5.92 Å². The third-order valence-corrected chi connectivity index (χ3v) is 4.61. The highest BCUT2D eigenvalue weighted by atomic mass is 79.9. The van der Waals surface area contributed by atoms with Crippen molar-refractivity contribution < 1.29 is 8.42 Å². The second-order valence-corrected chi connectivity index (χ2v) is 6.09. The van der Waals surface area contributed by atoms with Gasteiger partial charge in [-0.25, -0.2) is 12.7 Å². The van der Waals surface area contributed by atoms with E-state index < -0.39 is 10.0 Å². The van der Waals surface area contributed by atoms with Crippen LogP contribution >= 0.6 is 15.9 Å². The fourth-order valence-electron chi connectivity index (χ4n) is 1.45. The van der Waals surface area contributed by atoms with Crippen molar-refractivity contribution >= 4 is 26.0 Å². The van der Waals surface area contributed by atoms with E-state index in [2.05, 4.69) is 15.9 Å². The van der Waals surface area contributed by atoms with E-state index in [1.807, 2.05) is 6.92 Å². The lowest BCUT2D eigenvalue weighted by molar-refractivity contribution is 0.415. The molecule has 0 aromatic rings. The summed E-state index contributed by atoms with van der Waals surface area (Å²) in [5.41, 5.74) is 0. The molecule has 5 heteroatoms. The molecule has 1 saturated heterocycles. The number of alkyl halides is 1. The van der Waals surface area contributed by atoms with Crippen molar-refractivity contribution in [3.05, 3.63) is 0 Å². The zero-order valence-corrected chi connectivity index (χ0v) is 9.57. The van der Waals surface area contributed by atoms with E-state index >= 15 is 0 Å². The molecule has 1 atom stereocenters. The summed E-state index contributed by atoms with van der Waals surface area (Å²) >= 11 is 3.29. The maximum absolute atomic E-state index is 11.4. The monoisotopic (exact) mass is 255 g/mol. The molecular formula is C7H14BrNO2S. The Morgan fingerprint density at radius 1 is 1.58 bits per heavy atom. The number of sulfonamides is 1. The molecule has 1 heterocycles. The van der Waals surface area contributed by atoms with Crippen LogP contribution in [0.5, 0.6) is 0 Å². The zero-order valence-electron chi connectivity index (χ0n) is 7.16. The van der Waals surface area contributed by atoms with Crippen LogP contribution in [-0.4, -0.2) is 36.9 Å². The summed E-state index contributed by atoms with van der Waals surface area (Å²) in [7, 11) is -2.90. The molecule has 0 bridgehead atoms. The van der Waals surface area contributed by atoms with Crippen LogP contribution in [0.25, 0.3) is 0 Å². The number of nitrogens with zero attached hydrogens (tertiary/aromatic N) is 1. The van der Waals surface area contributed by atoms with Gasteiger partial charge in [0.15, 0.2) is 0 Å². The Labute approximate surface area is 82.3 Å². The van der Waals surface area contributed by atoms with Crippen molar-refractivity contribution in [2.24, 2.45) is 5.92 Å². The summed E-state index contributed by atoms with van der Waals surface area (Å²) in [5.74, 6) is 0.625. The smallest absolute Gasteiger partial charge is 0.212 e. The van der Waals surface area contributed by atoms with Gasteiger partial charge in [0, 0.05) is 18.4 Å². The van der Waals surface area contributed by atoms with Crippen molar-refractivity contribution in [3.8, 4) is 0 Å². The van der Waals surface area contributed by atoms with Gasteiger partial charge in [0.2, 0.25) is 10.0 Å². The van der Waals surface area contributed by atoms with E-state index in [1.165, 1.54) is 0 Å². The van der Waals surface area contributed by atoms with Gasteiger partial charge in [-0.1, -0.05) is 22.9 Å². The predicted octanol–water partition coefficient (Wildman–Crippen LogP) is 1.05. The molecular weight excluding hydrogens is 242 g/mol. The first kappa shape index (κ1) is 10.5. The van der Waals surface area contributed by atoms with Gasteiger partial charge in [-0.3, -0.25) is 0 Å². The summed E-state index contributed by atoms with van der Waals surface area (Å²) in [4.78, 5) is 0. The van der Waals surface area contributed by atoms with Crippen molar-refractivity contribution in [3.63, 3.8) is 0 Å². The van der Waals surface area contributed by atoms with E-state index in [9.17, 15) is 8.42 Å². The van der Waals surface area contributed by atoms with Crippen LogP contribution in [-0.2, 0) is 10.0 Å². The maximum Gasteiger partial charge on any atom is 0.214 e. The minimum atomic E-state index is -2.90. The molecule has 72 valence electrons. The van der Waals surface area contributed by atoms with Crippen LogP contribution in [0.3, 0.4) is 0 Å². The fourth-order valence-corrected chi connectivity index (χ4v) is 3.62. The summed E-state index contributed by atoms with van der Waals surface area (Å²) in [6.07, 6.45) is 0.895. The highest BCUT2D eigenvalue weighted by Gasteiger charge is 2.32. The maximum atomic E-state index is 11.4. The van der Waals surface area contributed by atoms with Gasteiger partial charge in [0.1, 0.15) is 0 Å². The van der Waals surface area contributed by atoms with Crippen LogP contribution in [0.15, 0.2) is 0 Å². The van der Waals surface area contributed by atoms with Crippen LogP contribution in [0.4, 0.5) is 0 Å². The Morgan fingerprint density at radius 3 is 2.67 bits per heavy atom. The Morgan fingerprint density at radius 2 is 2.25 bits per heavy atom. The average Bonchev–Trinajstić information content (AvgIpc) is 2.20. The van der Waals surface area contributed by atoms with E-state index in [4.69, 9.17) is 0 Å². The second-order valence-electron chi connectivity index (χ2n) is 3.28. The molecule has 0 saturated carbocycles. The molecule has 0 aliphatic carbocycles. The van der Waals surface area contributed by atoms with Crippen LogP contribution in [0.1, 0.15) is 13.3 Å². The Kier molecular flexibility index (Phi) is 3.55. The minimum absolute atomic E-state index is 0.297. The first-order valence-electron chi connectivity index (χ1n) is 4.10. The summed E-state index contributed by atoms with van der Waals surface area (Å²) in [6, 6.07) is 0. The summed E-state index contributed by atoms with van der Waals surface area (Å²) in [5, 5.41) is 0.868. The second kappa shape index (κ2) is 4.07. The molecule has 0 radical (unpaired) electrons. The largest absolute Gasteiger partial charge is 0.214 e. The molecule has 3 nitrogen and oxygen atoms in total. The van der Waals surface area contributed by atoms with Gasteiger partial charge in [0.25, 0.3) is 0 Å². The lowest BCUT2D eigenvalue weighted by Crippen LogP contribution is -2.27. The molecule has 1 fully saturated rings. The zero-order chi connectivity index (χ0) is 9.19. The van der Waals surface area contributed by atoms with Crippen LogP contribution < -0.4 is 0 Å². The standard InChI is InChI=1S/C7H14BrNO2S/c1-7-5-9(4-2-3-8)12(10,11)6-7/h7H,2-6H2,1H3. The Bertz CT molecular complexity index is 240. The normalized spacial score (nSPS) is 29.3. The van der Waals surface area contributed by atoms with Crippen molar-refractivity contribution in [2.45, 2.75) is 13.3 Å². The fraction of sp³-hybridized carbons (Fsp3) is 1.00. The van der Waals surface area contributed by atoms with E-state index in [1.54, 1.807) is 4.31 Å². The highest BCUT2D eigenvalue weighted by molar-refractivity contribution is 9.09. The lowest BCUT2D eigenvalue weighted by Gasteiger charge is -2.12. The third-order valence-electron chi connectivity index (χ3n) is 1.94. The van der Waals surface area contributed by atoms with E-state index in [0.29, 0.717) is 24.8 Å². The molecule has 0 aromatic heterocycles. The minimum Gasteiger partial charge on any atom is -0.212 e.